The average molecular weight is 454 g/mol. The van der Waals surface area contributed by atoms with Crippen LogP contribution < -0.4 is 4.90 Å². The number of furan rings is 1. The molecule has 7 nitrogen and oxygen atoms in total. The third-order valence-electron chi connectivity index (χ3n) is 5.89. The lowest BCUT2D eigenvalue weighted by Crippen LogP contribution is -2.36. The van der Waals surface area contributed by atoms with E-state index in [1.54, 1.807) is 6.26 Å². The van der Waals surface area contributed by atoms with Gasteiger partial charge < -0.3 is 23.7 Å². The van der Waals surface area contributed by atoms with Crippen molar-refractivity contribution >= 4 is 5.88 Å². The second kappa shape index (κ2) is 11.5. The largest absolute Gasteiger partial charge is 0.468 e. The van der Waals surface area contributed by atoms with E-state index in [1.807, 2.05) is 44.2 Å². The van der Waals surface area contributed by atoms with E-state index >= 15 is 0 Å². The van der Waals surface area contributed by atoms with Gasteiger partial charge in [0.25, 0.3) is 0 Å². The van der Waals surface area contributed by atoms with Gasteiger partial charge >= 0.3 is 0 Å². The SMILES string of the molecule is CC(C)OC[C@@H](O)CN(Cc1ccco1)Cc1c(-c2ccccc2)noc1N1CCCCC1. The van der Waals surface area contributed by atoms with Gasteiger partial charge in [-0.25, -0.2) is 0 Å². The van der Waals surface area contributed by atoms with Gasteiger partial charge in [-0.05, 0) is 45.2 Å². The minimum Gasteiger partial charge on any atom is -0.468 e. The Morgan fingerprint density at radius 3 is 2.55 bits per heavy atom. The van der Waals surface area contributed by atoms with Crippen molar-refractivity contribution in [3.05, 3.63) is 60.1 Å². The van der Waals surface area contributed by atoms with Crippen LogP contribution in [-0.2, 0) is 17.8 Å². The summed E-state index contributed by atoms with van der Waals surface area (Å²) < 4.78 is 17.2. The molecule has 0 spiro atoms. The first-order valence-electron chi connectivity index (χ1n) is 11.9. The number of aromatic nitrogens is 1. The highest BCUT2D eigenvalue weighted by molar-refractivity contribution is 5.68. The van der Waals surface area contributed by atoms with Crippen LogP contribution in [0.5, 0.6) is 0 Å². The summed E-state index contributed by atoms with van der Waals surface area (Å²) in [5.41, 5.74) is 2.93. The van der Waals surface area contributed by atoms with Gasteiger partial charge in [-0.3, -0.25) is 4.90 Å². The quantitative estimate of drug-likeness (QED) is 0.450. The highest BCUT2D eigenvalue weighted by atomic mass is 16.5. The van der Waals surface area contributed by atoms with E-state index in [4.69, 9.17) is 13.7 Å². The van der Waals surface area contributed by atoms with Gasteiger partial charge in [0.1, 0.15) is 11.5 Å². The first kappa shape index (κ1) is 23.5. The van der Waals surface area contributed by atoms with Crippen LogP contribution in [0, 0.1) is 0 Å². The lowest BCUT2D eigenvalue weighted by Gasteiger charge is -2.29. The molecule has 0 bridgehead atoms. The zero-order valence-electron chi connectivity index (χ0n) is 19.7. The molecule has 7 heteroatoms. The molecule has 0 unspecified atom stereocenters. The fourth-order valence-corrected chi connectivity index (χ4v) is 4.30. The molecule has 0 amide bonds. The maximum atomic E-state index is 10.7. The molecule has 1 aromatic carbocycles. The van der Waals surface area contributed by atoms with Crippen LogP contribution in [0.3, 0.4) is 0 Å². The Kier molecular flexibility index (Phi) is 8.20. The smallest absolute Gasteiger partial charge is 0.232 e. The van der Waals surface area contributed by atoms with Crippen molar-refractivity contribution < 1.29 is 18.8 Å². The fourth-order valence-electron chi connectivity index (χ4n) is 4.30. The zero-order chi connectivity index (χ0) is 23.0. The number of aliphatic hydroxyl groups is 1. The summed E-state index contributed by atoms with van der Waals surface area (Å²) in [5.74, 6) is 1.69. The van der Waals surface area contributed by atoms with E-state index < -0.39 is 6.10 Å². The van der Waals surface area contributed by atoms with Gasteiger partial charge in [-0.1, -0.05) is 35.5 Å². The molecule has 1 aliphatic rings. The molecule has 1 saturated heterocycles. The number of anilines is 1. The van der Waals surface area contributed by atoms with E-state index in [2.05, 4.69) is 27.1 Å². The van der Waals surface area contributed by atoms with Crippen molar-refractivity contribution in [3.63, 3.8) is 0 Å². The predicted molar refractivity (Wildman–Crippen MR) is 128 cm³/mol. The summed E-state index contributed by atoms with van der Waals surface area (Å²) in [5, 5.41) is 15.2. The molecule has 1 aliphatic heterocycles. The van der Waals surface area contributed by atoms with Gasteiger partial charge in [0.2, 0.25) is 5.88 Å². The highest BCUT2D eigenvalue weighted by Gasteiger charge is 2.26. The summed E-state index contributed by atoms with van der Waals surface area (Å²) in [6.45, 7) is 7.79. The Morgan fingerprint density at radius 1 is 1.06 bits per heavy atom. The molecule has 1 N–H and O–H groups in total. The molecule has 4 rings (SSSR count). The molecule has 33 heavy (non-hydrogen) atoms. The molecular formula is C26H35N3O4. The Labute approximate surface area is 195 Å². The number of aliphatic hydroxyl groups excluding tert-OH is 1. The number of benzene rings is 1. The predicted octanol–water partition coefficient (Wildman–Crippen LogP) is 4.71. The van der Waals surface area contributed by atoms with E-state index in [0.29, 0.717) is 26.2 Å². The molecule has 0 saturated carbocycles. The molecule has 178 valence electrons. The van der Waals surface area contributed by atoms with Crippen LogP contribution in [-0.4, -0.2) is 53.6 Å². The van der Waals surface area contributed by atoms with Crippen LogP contribution in [0.25, 0.3) is 11.3 Å². The lowest BCUT2D eigenvalue weighted by molar-refractivity contribution is -0.0113. The molecular weight excluding hydrogens is 418 g/mol. The van der Waals surface area contributed by atoms with Gasteiger partial charge in [0, 0.05) is 31.7 Å². The van der Waals surface area contributed by atoms with Crippen molar-refractivity contribution in [2.75, 3.05) is 31.1 Å². The second-order valence-electron chi connectivity index (χ2n) is 9.01. The van der Waals surface area contributed by atoms with Gasteiger partial charge in [0.05, 0.1) is 37.2 Å². The van der Waals surface area contributed by atoms with Crippen LogP contribution in [0.15, 0.2) is 57.7 Å². The normalized spacial score (nSPS) is 15.5. The second-order valence-corrected chi connectivity index (χ2v) is 9.01. The van der Waals surface area contributed by atoms with E-state index in [0.717, 1.165) is 54.4 Å². The Morgan fingerprint density at radius 2 is 1.85 bits per heavy atom. The Hall–Kier alpha value is -2.61. The van der Waals surface area contributed by atoms with E-state index in [1.165, 1.54) is 6.42 Å². The van der Waals surface area contributed by atoms with Gasteiger partial charge in [-0.2, -0.15) is 0 Å². The van der Waals surface area contributed by atoms with Crippen LogP contribution in [0.2, 0.25) is 0 Å². The van der Waals surface area contributed by atoms with Crippen LogP contribution in [0.1, 0.15) is 44.4 Å². The molecule has 1 atom stereocenters. The molecule has 0 aliphatic carbocycles. The molecule has 2 aromatic heterocycles. The molecule has 0 radical (unpaired) electrons. The summed E-state index contributed by atoms with van der Waals surface area (Å²) in [4.78, 5) is 4.49. The monoisotopic (exact) mass is 453 g/mol. The standard InChI is InChI=1S/C26H35N3O4/c1-20(2)32-19-22(30)16-28(17-23-12-9-15-31-23)18-24-25(21-10-5-3-6-11-21)27-33-26(24)29-13-7-4-8-14-29/h3,5-6,9-12,15,20,22,30H,4,7-8,13-14,16-19H2,1-2H3/t22-/m0/s1. The van der Waals surface area contributed by atoms with Crippen molar-refractivity contribution in [3.8, 4) is 11.3 Å². The highest BCUT2D eigenvalue weighted by Crippen LogP contribution is 2.34. The maximum Gasteiger partial charge on any atom is 0.232 e. The van der Waals surface area contributed by atoms with Crippen molar-refractivity contribution in [2.24, 2.45) is 0 Å². The number of rotatable bonds is 11. The summed E-state index contributed by atoms with van der Waals surface area (Å²) in [7, 11) is 0. The molecule has 1 fully saturated rings. The first-order valence-corrected chi connectivity index (χ1v) is 11.9. The van der Waals surface area contributed by atoms with Gasteiger partial charge in [-0.15, -0.1) is 0 Å². The van der Waals surface area contributed by atoms with Crippen molar-refractivity contribution in [1.82, 2.24) is 10.1 Å². The van der Waals surface area contributed by atoms with E-state index in [9.17, 15) is 5.11 Å². The van der Waals surface area contributed by atoms with E-state index in [-0.39, 0.29) is 6.10 Å². The Bertz CT molecular complexity index is 949. The third kappa shape index (κ3) is 6.47. The lowest BCUT2D eigenvalue weighted by atomic mass is 10.1. The van der Waals surface area contributed by atoms with Crippen molar-refractivity contribution in [2.45, 2.75) is 58.4 Å². The minimum atomic E-state index is -0.610. The summed E-state index contributed by atoms with van der Waals surface area (Å²) in [6.07, 6.45) is 4.70. The number of nitrogens with zero attached hydrogens (tertiary/aromatic N) is 3. The van der Waals surface area contributed by atoms with Crippen LogP contribution >= 0.6 is 0 Å². The number of piperidine rings is 1. The zero-order valence-corrected chi connectivity index (χ0v) is 19.7. The number of hydrogen-bond donors (Lipinski definition) is 1. The first-order chi connectivity index (χ1) is 16.1. The fraction of sp³-hybridized carbons (Fsp3) is 0.500. The Balaban J connectivity index is 1.62. The summed E-state index contributed by atoms with van der Waals surface area (Å²) >= 11 is 0. The molecule has 3 heterocycles. The summed E-state index contributed by atoms with van der Waals surface area (Å²) in [6, 6.07) is 14.0. The maximum absolute atomic E-state index is 10.7. The minimum absolute atomic E-state index is 0.0756. The third-order valence-corrected chi connectivity index (χ3v) is 5.89. The van der Waals surface area contributed by atoms with Crippen LogP contribution in [0.4, 0.5) is 5.88 Å². The number of hydrogen-bond acceptors (Lipinski definition) is 7. The topological polar surface area (TPSA) is 75.1 Å². The molecule has 3 aromatic rings. The average Bonchev–Trinajstić information content (AvgIpc) is 3.49. The van der Waals surface area contributed by atoms with Crippen molar-refractivity contribution in [1.29, 1.82) is 0 Å². The van der Waals surface area contributed by atoms with Gasteiger partial charge in [0.15, 0.2) is 0 Å². The number of ether oxygens (including phenoxy) is 1.